The molecule has 0 amide bonds. The molecule has 2 radical (unpaired) electrons. The number of para-hydroxylation sites is 1. The summed E-state index contributed by atoms with van der Waals surface area (Å²) >= 11 is 0. The van der Waals surface area contributed by atoms with E-state index >= 15 is 0 Å². The highest BCUT2D eigenvalue weighted by Crippen LogP contribution is 2.27. The number of hydrogen-bond acceptors (Lipinski definition) is 2. The molecule has 0 heterocycles. The van der Waals surface area contributed by atoms with Crippen LogP contribution < -0.4 is 4.74 Å². The van der Waals surface area contributed by atoms with E-state index in [1.165, 1.54) is 0 Å². The molecule has 3 heteroatoms. The second-order valence-electron chi connectivity index (χ2n) is 5.20. The molecule has 0 aliphatic heterocycles. The van der Waals surface area contributed by atoms with Crippen molar-refractivity contribution in [2.75, 3.05) is 14.1 Å². The Balaban J connectivity index is 2.95. The largest absolute Gasteiger partial charge is 0.488 e. The summed E-state index contributed by atoms with van der Waals surface area (Å²) in [5.41, 5.74) is 0.923. The fourth-order valence-electron chi connectivity index (χ4n) is 1.46. The number of hydrogen-bond donors (Lipinski definition) is 0. The Bertz CT molecular complexity index is 393. The van der Waals surface area contributed by atoms with Crippen LogP contribution in [-0.4, -0.2) is 33.9 Å². The fraction of sp³-hybridized carbons (Fsp3) is 0.429. The lowest BCUT2D eigenvalue weighted by atomic mass is 10.1. The summed E-state index contributed by atoms with van der Waals surface area (Å²) in [6.07, 6.45) is 0. The second-order valence-corrected chi connectivity index (χ2v) is 6.92. The maximum absolute atomic E-state index is 5.96. The third kappa shape index (κ3) is 4.75. The van der Waals surface area contributed by atoms with Gasteiger partial charge in [0.25, 0.3) is 0 Å². The average molecular weight is 247 g/mol. The fourth-order valence-corrected chi connectivity index (χ4v) is 2.33. The van der Waals surface area contributed by atoms with Gasteiger partial charge in [0.05, 0.1) is 0 Å². The van der Waals surface area contributed by atoms with Crippen LogP contribution in [-0.2, 0) is 0 Å². The molecule has 0 unspecified atom stereocenters. The van der Waals surface area contributed by atoms with Gasteiger partial charge in [0.15, 0.2) is 9.68 Å². The van der Waals surface area contributed by atoms with Gasteiger partial charge >= 0.3 is 0 Å². The third-order valence-electron chi connectivity index (χ3n) is 1.99. The van der Waals surface area contributed by atoms with Crippen molar-refractivity contribution in [1.29, 1.82) is 0 Å². The van der Waals surface area contributed by atoms with Crippen LogP contribution in [0, 0.1) is 0 Å². The van der Waals surface area contributed by atoms with Gasteiger partial charge in [-0.1, -0.05) is 24.8 Å². The molecule has 0 fully saturated rings. The predicted octanol–water partition coefficient (Wildman–Crippen LogP) is 3.02. The summed E-state index contributed by atoms with van der Waals surface area (Å²) in [7, 11) is 4.69. The summed E-state index contributed by atoms with van der Waals surface area (Å²) in [6, 6.07) is 8.10. The summed E-state index contributed by atoms with van der Waals surface area (Å²) in [5, 5.41) is 1.11. The molecule has 1 aromatic rings. The summed E-state index contributed by atoms with van der Waals surface area (Å²) in [5.74, 6) is 0.916. The monoisotopic (exact) mass is 247 g/mol. The lowest BCUT2D eigenvalue weighted by Gasteiger charge is -2.24. The van der Waals surface area contributed by atoms with Crippen LogP contribution in [0.5, 0.6) is 5.75 Å². The lowest BCUT2D eigenvalue weighted by Crippen LogP contribution is -2.24. The van der Waals surface area contributed by atoms with Crippen molar-refractivity contribution < 1.29 is 4.74 Å². The number of benzene rings is 1. The molecule has 17 heavy (non-hydrogen) atoms. The van der Waals surface area contributed by atoms with Crippen LogP contribution in [0.1, 0.15) is 26.3 Å². The lowest BCUT2D eigenvalue weighted by molar-refractivity contribution is 0.130. The Labute approximate surface area is 107 Å². The SMILES string of the molecule is C=C([Si]N(C)C)c1ccccc1OC(C)(C)C. The zero-order chi connectivity index (χ0) is 13.1. The number of ether oxygens (including phenoxy) is 1. The predicted molar refractivity (Wildman–Crippen MR) is 75.3 cm³/mol. The highest BCUT2D eigenvalue weighted by molar-refractivity contribution is 6.58. The van der Waals surface area contributed by atoms with E-state index in [2.05, 4.69) is 52.1 Å². The molecule has 92 valence electrons. The van der Waals surface area contributed by atoms with Gasteiger partial charge in [-0.2, -0.15) is 0 Å². The molecule has 0 saturated heterocycles. The Morgan fingerprint density at radius 2 is 1.82 bits per heavy atom. The van der Waals surface area contributed by atoms with Crippen molar-refractivity contribution >= 4 is 14.9 Å². The van der Waals surface area contributed by atoms with Crippen molar-refractivity contribution in [3.63, 3.8) is 0 Å². The zero-order valence-electron chi connectivity index (χ0n) is 11.4. The van der Waals surface area contributed by atoms with Crippen LogP contribution in [0.3, 0.4) is 0 Å². The minimum atomic E-state index is -0.183. The number of rotatable bonds is 4. The molecule has 1 rings (SSSR count). The summed E-state index contributed by atoms with van der Waals surface area (Å²) in [6.45, 7) is 10.3. The molecule has 1 aromatic carbocycles. The van der Waals surface area contributed by atoms with Crippen molar-refractivity contribution in [3.8, 4) is 5.75 Å². The van der Waals surface area contributed by atoms with Crippen molar-refractivity contribution in [1.82, 2.24) is 4.57 Å². The Morgan fingerprint density at radius 1 is 1.24 bits per heavy atom. The number of nitrogens with zero attached hydrogens (tertiary/aromatic N) is 1. The van der Waals surface area contributed by atoms with Gasteiger partial charge in [0.1, 0.15) is 11.4 Å². The van der Waals surface area contributed by atoms with Gasteiger partial charge < -0.3 is 9.30 Å². The second kappa shape index (κ2) is 5.51. The molecule has 0 aliphatic rings. The Kier molecular flexibility index (Phi) is 4.54. The van der Waals surface area contributed by atoms with E-state index in [9.17, 15) is 0 Å². The molecule has 0 saturated carbocycles. The summed E-state index contributed by atoms with van der Waals surface area (Å²) < 4.78 is 8.10. The van der Waals surface area contributed by atoms with Crippen molar-refractivity contribution in [3.05, 3.63) is 36.4 Å². The first-order valence-electron chi connectivity index (χ1n) is 5.71. The molecule has 0 bridgehead atoms. The van der Waals surface area contributed by atoms with Crippen LogP contribution >= 0.6 is 0 Å². The highest BCUT2D eigenvalue weighted by atomic mass is 28.2. The molecule has 0 aromatic heterocycles. The first kappa shape index (κ1) is 14.0. The minimum absolute atomic E-state index is 0.183. The van der Waals surface area contributed by atoms with E-state index in [0.29, 0.717) is 9.68 Å². The first-order chi connectivity index (χ1) is 7.79. The highest BCUT2D eigenvalue weighted by Gasteiger charge is 2.15. The average Bonchev–Trinajstić information content (AvgIpc) is 2.14. The van der Waals surface area contributed by atoms with Gasteiger partial charge in [-0.25, -0.2) is 0 Å². The van der Waals surface area contributed by atoms with E-state index < -0.39 is 0 Å². The topological polar surface area (TPSA) is 12.5 Å². The van der Waals surface area contributed by atoms with Crippen molar-refractivity contribution in [2.24, 2.45) is 0 Å². The quantitative estimate of drug-likeness (QED) is 0.758. The van der Waals surface area contributed by atoms with Gasteiger partial charge in [-0.15, -0.1) is 0 Å². The van der Waals surface area contributed by atoms with Crippen LogP contribution in [0.4, 0.5) is 0 Å². The van der Waals surface area contributed by atoms with E-state index in [4.69, 9.17) is 4.74 Å². The van der Waals surface area contributed by atoms with Gasteiger partial charge in [-0.3, -0.25) is 0 Å². The molecular weight excluding hydrogens is 226 g/mol. The minimum Gasteiger partial charge on any atom is -0.488 e. The third-order valence-corrected chi connectivity index (χ3v) is 2.97. The summed E-state index contributed by atoms with van der Waals surface area (Å²) in [4.78, 5) is 0. The molecule has 0 N–H and O–H groups in total. The van der Waals surface area contributed by atoms with Crippen LogP contribution in [0.15, 0.2) is 30.8 Å². The Morgan fingerprint density at radius 3 is 2.35 bits per heavy atom. The molecule has 0 atom stereocenters. The standard InChI is InChI=1S/C14H21NOSi/c1-11(17-15(5)6)12-9-7-8-10-13(12)16-14(2,3)4/h7-10H,1H2,2-6H3. The molecule has 0 aliphatic carbocycles. The molecule has 0 spiro atoms. The van der Waals surface area contributed by atoms with Crippen molar-refractivity contribution in [2.45, 2.75) is 26.4 Å². The maximum Gasteiger partial charge on any atom is 0.182 e. The maximum atomic E-state index is 5.96. The van der Waals surface area contributed by atoms with Crippen LogP contribution in [0.2, 0.25) is 0 Å². The van der Waals surface area contributed by atoms with Crippen LogP contribution in [0.25, 0.3) is 5.20 Å². The van der Waals surface area contributed by atoms with Gasteiger partial charge in [0.2, 0.25) is 0 Å². The molecule has 2 nitrogen and oxygen atoms in total. The smallest absolute Gasteiger partial charge is 0.182 e. The molecular formula is C14H21NOSi. The zero-order valence-corrected chi connectivity index (χ0v) is 12.4. The van der Waals surface area contributed by atoms with E-state index in [1.807, 2.05) is 18.2 Å². The van der Waals surface area contributed by atoms with E-state index in [1.54, 1.807) is 0 Å². The van der Waals surface area contributed by atoms with Gasteiger partial charge in [0, 0.05) is 5.56 Å². The normalized spacial score (nSPS) is 11.6. The van der Waals surface area contributed by atoms with E-state index in [-0.39, 0.29) is 5.60 Å². The Hall–Kier alpha value is -1.06. The van der Waals surface area contributed by atoms with E-state index in [0.717, 1.165) is 16.5 Å². The first-order valence-corrected chi connectivity index (χ1v) is 6.65. The van der Waals surface area contributed by atoms with Gasteiger partial charge in [-0.05, 0) is 46.1 Å².